The Morgan fingerprint density at radius 2 is 1.96 bits per heavy atom. The second-order valence-corrected chi connectivity index (χ2v) is 5.90. The summed E-state index contributed by atoms with van der Waals surface area (Å²) in [4.78, 5) is 12.5. The van der Waals surface area contributed by atoms with Crippen molar-refractivity contribution < 1.29 is 9.18 Å². The summed E-state index contributed by atoms with van der Waals surface area (Å²) in [6.45, 7) is 1.82. The van der Waals surface area contributed by atoms with Crippen LogP contribution in [0.2, 0.25) is 5.02 Å². The van der Waals surface area contributed by atoms with Crippen LogP contribution in [0.5, 0.6) is 0 Å². The van der Waals surface area contributed by atoms with Crippen molar-refractivity contribution in [1.82, 2.24) is 4.57 Å². The molecule has 1 atom stereocenters. The van der Waals surface area contributed by atoms with Crippen LogP contribution in [-0.4, -0.2) is 10.5 Å². The number of rotatable bonds is 3. The number of nitrogens with zero attached hydrogens (tertiary/aromatic N) is 1. The highest BCUT2D eigenvalue weighted by Crippen LogP contribution is 2.30. The molecule has 0 aliphatic rings. The van der Waals surface area contributed by atoms with E-state index in [1.165, 1.54) is 12.1 Å². The number of halogens is 2. The van der Waals surface area contributed by atoms with Crippen molar-refractivity contribution in [3.05, 3.63) is 65.1 Å². The third kappa shape index (κ3) is 2.82. The molecule has 1 aromatic heterocycles. The lowest BCUT2D eigenvalue weighted by molar-refractivity contribution is -0.117. The van der Waals surface area contributed by atoms with Crippen molar-refractivity contribution >= 4 is 34.1 Å². The lowest BCUT2D eigenvalue weighted by atomic mass is 9.99. The summed E-state index contributed by atoms with van der Waals surface area (Å²) in [5.41, 5.74) is 2.27. The number of hydrogen-bond acceptors (Lipinski definition) is 1. The Morgan fingerprint density at radius 1 is 1.22 bits per heavy atom. The van der Waals surface area contributed by atoms with Gasteiger partial charge in [0.25, 0.3) is 0 Å². The molecule has 0 bridgehead atoms. The molecule has 1 amide bonds. The van der Waals surface area contributed by atoms with E-state index in [1.807, 2.05) is 49.0 Å². The summed E-state index contributed by atoms with van der Waals surface area (Å²) in [6.07, 6.45) is 1.95. The number of nitrogens with one attached hydrogen (secondary N) is 1. The zero-order valence-corrected chi connectivity index (χ0v) is 13.6. The van der Waals surface area contributed by atoms with E-state index in [9.17, 15) is 9.18 Å². The predicted octanol–water partition coefficient (Wildman–Crippen LogP) is 4.71. The number of amides is 1. The van der Waals surface area contributed by atoms with Crippen molar-refractivity contribution in [3.63, 3.8) is 0 Å². The molecule has 3 nitrogen and oxygen atoms in total. The molecule has 5 heteroatoms. The highest BCUT2D eigenvalue weighted by molar-refractivity contribution is 6.33. The zero-order valence-electron chi connectivity index (χ0n) is 12.8. The van der Waals surface area contributed by atoms with Crippen LogP contribution < -0.4 is 5.32 Å². The molecule has 0 saturated heterocycles. The van der Waals surface area contributed by atoms with Crippen LogP contribution in [0, 0.1) is 5.82 Å². The van der Waals surface area contributed by atoms with Crippen molar-refractivity contribution in [2.45, 2.75) is 12.8 Å². The van der Waals surface area contributed by atoms with Crippen LogP contribution in [0.15, 0.2) is 48.7 Å². The largest absolute Gasteiger partial charge is 0.350 e. The maximum atomic E-state index is 13.5. The molecule has 0 aliphatic carbocycles. The monoisotopic (exact) mass is 330 g/mol. The standard InChI is InChI=1S/C18H16ClFN2O/c1-11(13-10-22(2)16-9-4-3-6-12(13)16)18(23)21-15-8-5-7-14(20)17(15)19/h3-11H,1-2H3,(H,21,23). The van der Waals surface area contributed by atoms with Crippen LogP contribution in [0.3, 0.4) is 0 Å². The first-order valence-electron chi connectivity index (χ1n) is 7.28. The van der Waals surface area contributed by atoms with Gasteiger partial charge in [0.1, 0.15) is 5.82 Å². The van der Waals surface area contributed by atoms with E-state index in [0.29, 0.717) is 0 Å². The van der Waals surface area contributed by atoms with Gasteiger partial charge in [-0.1, -0.05) is 35.9 Å². The lowest BCUT2D eigenvalue weighted by Gasteiger charge is -2.13. The third-order valence-electron chi connectivity index (χ3n) is 4.00. The number of para-hydroxylation sites is 1. The summed E-state index contributed by atoms with van der Waals surface area (Å²) in [7, 11) is 1.94. The molecule has 0 spiro atoms. The number of hydrogen-bond donors (Lipinski definition) is 1. The first-order valence-corrected chi connectivity index (χ1v) is 7.65. The number of fused-ring (bicyclic) bond motifs is 1. The highest BCUT2D eigenvalue weighted by Gasteiger charge is 2.21. The van der Waals surface area contributed by atoms with Gasteiger partial charge in [-0.15, -0.1) is 0 Å². The molecule has 1 unspecified atom stereocenters. The van der Waals surface area contributed by atoms with Gasteiger partial charge in [-0.25, -0.2) is 4.39 Å². The minimum Gasteiger partial charge on any atom is -0.350 e. The molecule has 118 valence electrons. The van der Waals surface area contributed by atoms with E-state index < -0.39 is 5.82 Å². The maximum Gasteiger partial charge on any atom is 0.231 e. The molecule has 0 radical (unpaired) electrons. The SMILES string of the molecule is CC(C(=O)Nc1cccc(F)c1Cl)c1cn(C)c2ccccc12. The average Bonchev–Trinajstić information content (AvgIpc) is 2.88. The maximum absolute atomic E-state index is 13.5. The van der Waals surface area contributed by atoms with Gasteiger partial charge in [0.2, 0.25) is 5.91 Å². The fourth-order valence-electron chi connectivity index (χ4n) is 2.70. The number of carbonyl (C=O) groups excluding carboxylic acids is 1. The van der Waals surface area contributed by atoms with Gasteiger partial charge in [-0.2, -0.15) is 0 Å². The first kappa shape index (κ1) is 15.6. The number of aromatic nitrogens is 1. The fraction of sp³-hybridized carbons (Fsp3) is 0.167. The zero-order chi connectivity index (χ0) is 16.6. The van der Waals surface area contributed by atoms with E-state index >= 15 is 0 Å². The number of carbonyl (C=O) groups is 1. The van der Waals surface area contributed by atoms with Crippen molar-refractivity contribution in [3.8, 4) is 0 Å². The molecule has 3 aromatic rings. The summed E-state index contributed by atoms with van der Waals surface area (Å²) in [5, 5.41) is 3.66. The van der Waals surface area contributed by atoms with Gasteiger partial charge in [0.05, 0.1) is 16.6 Å². The fourth-order valence-corrected chi connectivity index (χ4v) is 2.87. The smallest absolute Gasteiger partial charge is 0.231 e. The van der Waals surface area contributed by atoms with Gasteiger partial charge >= 0.3 is 0 Å². The molecule has 3 rings (SSSR count). The Balaban J connectivity index is 1.91. The van der Waals surface area contributed by atoms with Crippen LogP contribution in [-0.2, 0) is 11.8 Å². The number of anilines is 1. The molecule has 0 aliphatic heterocycles. The molecule has 1 N–H and O–H groups in total. The molecule has 23 heavy (non-hydrogen) atoms. The van der Waals surface area contributed by atoms with Gasteiger partial charge in [0, 0.05) is 24.1 Å². The Morgan fingerprint density at radius 3 is 2.74 bits per heavy atom. The number of benzene rings is 2. The minimum absolute atomic E-state index is 0.0778. The van der Waals surface area contributed by atoms with E-state index in [2.05, 4.69) is 5.32 Å². The van der Waals surface area contributed by atoms with E-state index in [4.69, 9.17) is 11.6 Å². The Kier molecular flexibility index (Phi) is 4.09. The topological polar surface area (TPSA) is 34.0 Å². The highest BCUT2D eigenvalue weighted by atomic mass is 35.5. The molecule has 0 saturated carbocycles. The lowest BCUT2D eigenvalue weighted by Crippen LogP contribution is -2.19. The molecule has 2 aromatic carbocycles. The minimum atomic E-state index is -0.553. The Hall–Kier alpha value is -2.33. The summed E-state index contributed by atoms with van der Waals surface area (Å²) >= 11 is 5.89. The summed E-state index contributed by atoms with van der Waals surface area (Å²) in [5.74, 6) is -1.17. The normalized spacial score (nSPS) is 12.3. The van der Waals surface area contributed by atoms with E-state index in [0.717, 1.165) is 16.5 Å². The summed E-state index contributed by atoms with van der Waals surface area (Å²) in [6, 6.07) is 12.3. The van der Waals surface area contributed by atoms with Gasteiger partial charge in [0.15, 0.2) is 0 Å². The van der Waals surface area contributed by atoms with Gasteiger partial charge < -0.3 is 9.88 Å². The molecule has 1 heterocycles. The molecular weight excluding hydrogens is 315 g/mol. The predicted molar refractivity (Wildman–Crippen MR) is 91.4 cm³/mol. The average molecular weight is 331 g/mol. The van der Waals surface area contributed by atoms with Crippen LogP contribution in [0.1, 0.15) is 18.4 Å². The van der Waals surface area contributed by atoms with Gasteiger partial charge in [-0.3, -0.25) is 4.79 Å². The van der Waals surface area contributed by atoms with Crippen LogP contribution in [0.25, 0.3) is 10.9 Å². The van der Waals surface area contributed by atoms with E-state index in [1.54, 1.807) is 6.07 Å². The second kappa shape index (κ2) is 6.05. The Bertz CT molecular complexity index is 888. The van der Waals surface area contributed by atoms with E-state index in [-0.39, 0.29) is 22.5 Å². The van der Waals surface area contributed by atoms with Crippen LogP contribution in [0.4, 0.5) is 10.1 Å². The van der Waals surface area contributed by atoms with Gasteiger partial charge in [-0.05, 0) is 30.7 Å². The first-order chi connectivity index (χ1) is 11.0. The summed E-state index contributed by atoms with van der Waals surface area (Å²) < 4.78 is 15.5. The molecule has 0 fully saturated rings. The quantitative estimate of drug-likeness (QED) is 0.741. The molecular formula is C18H16ClFN2O. The Labute approximate surface area is 138 Å². The number of aryl methyl sites for hydroxylation is 1. The van der Waals surface area contributed by atoms with Crippen LogP contribution >= 0.6 is 11.6 Å². The van der Waals surface area contributed by atoms with Crippen molar-refractivity contribution in [2.24, 2.45) is 7.05 Å². The third-order valence-corrected chi connectivity index (χ3v) is 4.38. The second-order valence-electron chi connectivity index (χ2n) is 5.52. The van der Waals surface area contributed by atoms with Crippen molar-refractivity contribution in [2.75, 3.05) is 5.32 Å². The van der Waals surface area contributed by atoms with Crippen molar-refractivity contribution in [1.29, 1.82) is 0 Å².